The highest BCUT2D eigenvalue weighted by Gasteiger charge is 2.34. The first kappa shape index (κ1) is 18.3. The summed E-state index contributed by atoms with van der Waals surface area (Å²) < 4.78 is 5.26. The van der Waals surface area contributed by atoms with E-state index in [1.165, 1.54) is 0 Å². The van der Waals surface area contributed by atoms with E-state index in [2.05, 4.69) is 5.32 Å². The van der Waals surface area contributed by atoms with Gasteiger partial charge in [-0.05, 0) is 39.7 Å². The molecule has 0 bridgehead atoms. The zero-order valence-corrected chi connectivity index (χ0v) is 14.7. The average molecular weight is 334 g/mol. The van der Waals surface area contributed by atoms with Gasteiger partial charge < -0.3 is 15.2 Å². The van der Waals surface area contributed by atoms with Crippen LogP contribution in [0.4, 0.5) is 4.79 Å². The van der Waals surface area contributed by atoms with Gasteiger partial charge in [-0.3, -0.25) is 9.69 Å². The van der Waals surface area contributed by atoms with Crippen molar-refractivity contribution in [3.8, 4) is 0 Å². The Balaban J connectivity index is 2.00. The fourth-order valence-corrected chi connectivity index (χ4v) is 2.87. The molecule has 6 nitrogen and oxygen atoms in total. The van der Waals surface area contributed by atoms with Crippen LogP contribution in [0, 0.1) is 6.92 Å². The van der Waals surface area contributed by atoms with Crippen molar-refractivity contribution in [1.29, 1.82) is 0 Å². The Labute approximate surface area is 142 Å². The molecule has 0 saturated carbocycles. The first-order valence-electron chi connectivity index (χ1n) is 8.18. The second kappa shape index (κ2) is 7.21. The van der Waals surface area contributed by atoms with Crippen molar-refractivity contribution < 1.29 is 19.4 Å². The highest BCUT2D eigenvalue weighted by molar-refractivity contribution is 5.75. The number of hydrogen-bond donors (Lipinski definition) is 2. The molecular formula is C18H26N2O4. The van der Waals surface area contributed by atoms with Crippen LogP contribution in [0.5, 0.6) is 0 Å². The van der Waals surface area contributed by atoms with Crippen molar-refractivity contribution in [2.24, 2.45) is 0 Å². The number of hydrogen-bond acceptors (Lipinski definition) is 4. The predicted molar refractivity (Wildman–Crippen MR) is 90.9 cm³/mol. The minimum absolute atomic E-state index is 0.104. The Morgan fingerprint density at radius 2 is 1.92 bits per heavy atom. The lowest BCUT2D eigenvalue weighted by atomic mass is 10.0. The molecule has 1 amide bonds. The van der Waals surface area contributed by atoms with E-state index in [1.54, 1.807) is 0 Å². The van der Waals surface area contributed by atoms with Gasteiger partial charge in [0.1, 0.15) is 11.6 Å². The van der Waals surface area contributed by atoms with Crippen LogP contribution in [0.1, 0.15) is 44.4 Å². The summed E-state index contributed by atoms with van der Waals surface area (Å²) in [6.07, 6.45) is 0.242. The van der Waals surface area contributed by atoms with Gasteiger partial charge in [0.2, 0.25) is 0 Å². The van der Waals surface area contributed by atoms with Gasteiger partial charge in [0.05, 0.1) is 0 Å². The van der Waals surface area contributed by atoms with E-state index in [0.29, 0.717) is 19.5 Å². The van der Waals surface area contributed by atoms with Crippen molar-refractivity contribution in [3.63, 3.8) is 0 Å². The lowest BCUT2D eigenvalue weighted by molar-refractivity contribution is -0.143. The second-order valence-electron chi connectivity index (χ2n) is 7.28. The van der Waals surface area contributed by atoms with Gasteiger partial charge in [0.15, 0.2) is 0 Å². The maximum Gasteiger partial charge on any atom is 0.407 e. The van der Waals surface area contributed by atoms with Crippen LogP contribution in [-0.2, 0) is 9.53 Å². The van der Waals surface area contributed by atoms with E-state index in [4.69, 9.17) is 4.74 Å². The van der Waals surface area contributed by atoms with Crippen molar-refractivity contribution in [1.82, 2.24) is 10.2 Å². The summed E-state index contributed by atoms with van der Waals surface area (Å²) in [6, 6.07) is 6.73. The number of carboxylic acids is 1. The van der Waals surface area contributed by atoms with Gasteiger partial charge in [-0.2, -0.15) is 0 Å². The third-order valence-electron chi connectivity index (χ3n) is 3.93. The summed E-state index contributed by atoms with van der Waals surface area (Å²) in [6.45, 7) is 8.51. The van der Waals surface area contributed by atoms with Crippen LogP contribution < -0.4 is 5.32 Å². The number of ether oxygens (including phenoxy) is 1. The maximum atomic E-state index is 11.9. The van der Waals surface area contributed by atoms with E-state index in [9.17, 15) is 14.7 Å². The zero-order valence-electron chi connectivity index (χ0n) is 14.7. The lowest BCUT2D eigenvalue weighted by Crippen LogP contribution is -2.41. The first-order valence-corrected chi connectivity index (χ1v) is 8.18. The molecule has 0 unspecified atom stereocenters. The largest absolute Gasteiger partial charge is 0.480 e. The predicted octanol–water partition coefficient (Wildman–Crippen LogP) is 2.72. The summed E-state index contributed by atoms with van der Waals surface area (Å²) in [5, 5.41) is 12.4. The maximum absolute atomic E-state index is 11.9. The monoisotopic (exact) mass is 334 g/mol. The number of nitrogens with zero attached hydrogens (tertiary/aromatic N) is 1. The van der Waals surface area contributed by atoms with Crippen LogP contribution in [0.25, 0.3) is 0 Å². The van der Waals surface area contributed by atoms with Crippen LogP contribution in [0.2, 0.25) is 0 Å². The molecule has 1 aromatic rings. The lowest BCUT2D eigenvalue weighted by Gasteiger charge is -2.25. The number of rotatable bonds is 4. The number of benzene rings is 1. The molecule has 1 aliphatic heterocycles. The number of alkyl carbamates (subject to hydrolysis) is 1. The molecule has 1 aliphatic rings. The zero-order chi connectivity index (χ0) is 17.9. The Hall–Kier alpha value is -2.08. The summed E-state index contributed by atoms with van der Waals surface area (Å²) in [7, 11) is 0. The number of carboxylic acid groups (broad SMARTS) is 1. The van der Waals surface area contributed by atoms with Gasteiger partial charge in [-0.25, -0.2) is 4.79 Å². The van der Waals surface area contributed by atoms with E-state index < -0.39 is 23.7 Å². The van der Waals surface area contributed by atoms with E-state index >= 15 is 0 Å². The quantitative estimate of drug-likeness (QED) is 0.885. The van der Waals surface area contributed by atoms with E-state index in [-0.39, 0.29) is 6.04 Å². The standard InChI is InChI=1S/C18H26N2O4/c1-12-5-7-13(8-6-12)15(16(21)22)20-10-9-14(11-20)19-17(23)24-18(2,3)4/h5-8,14-15H,9-11H2,1-4H3,(H,19,23)(H,21,22)/t14-,15+/m1/s1. The highest BCUT2D eigenvalue weighted by Crippen LogP contribution is 2.26. The summed E-state index contributed by atoms with van der Waals surface area (Å²) in [5.74, 6) is -0.878. The molecule has 24 heavy (non-hydrogen) atoms. The summed E-state index contributed by atoms with van der Waals surface area (Å²) in [4.78, 5) is 25.5. The SMILES string of the molecule is Cc1ccc([C@@H](C(=O)O)N2CC[C@@H](NC(=O)OC(C)(C)C)C2)cc1. The topological polar surface area (TPSA) is 78.9 Å². The fourth-order valence-electron chi connectivity index (χ4n) is 2.87. The minimum Gasteiger partial charge on any atom is -0.480 e. The number of aryl methyl sites for hydroxylation is 1. The fraction of sp³-hybridized carbons (Fsp3) is 0.556. The average Bonchev–Trinajstić information content (AvgIpc) is 2.86. The smallest absolute Gasteiger partial charge is 0.407 e. The Morgan fingerprint density at radius 1 is 1.29 bits per heavy atom. The van der Waals surface area contributed by atoms with Crippen molar-refractivity contribution in [2.45, 2.75) is 51.8 Å². The minimum atomic E-state index is -0.878. The van der Waals surface area contributed by atoms with Crippen molar-refractivity contribution in [3.05, 3.63) is 35.4 Å². The number of amides is 1. The molecule has 0 radical (unpaired) electrons. The first-order chi connectivity index (χ1) is 11.2. The molecule has 1 fully saturated rings. The van der Waals surface area contributed by atoms with Crippen molar-refractivity contribution in [2.75, 3.05) is 13.1 Å². The number of aliphatic carboxylic acids is 1. The number of carbonyl (C=O) groups is 2. The third-order valence-corrected chi connectivity index (χ3v) is 3.93. The summed E-state index contributed by atoms with van der Waals surface area (Å²) in [5.41, 5.74) is 1.30. The number of likely N-dealkylation sites (tertiary alicyclic amines) is 1. The van der Waals surface area contributed by atoms with E-state index in [0.717, 1.165) is 11.1 Å². The molecule has 1 heterocycles. The number of nitrogens with one attached hydrogen (secondary N) is 1. The van der Waals surface area contributed by atoms with Gasteiger partial charge in [0.25, 0.3) is 0 Å². The Kier molecular flexibility index (Phi) is 5.49. The van der Waals surface area contributed by atoms with Gasteiger partial charge in [-0.1, -0.05) is 29.8 Å². The van der Waals surface area contributed by atoms with Crippen LogP contribution in [0.15, 0.2) is 24.3 Å². The van der Waals surface area contributed by atoms with Crippen LogP contribution in [-0.4, -0.2) is 46.8 Å². The van der Waals surface area contributed by atoms with Crippen LogP contribution >= 0.6 is 0 Å². The molecule has 0 aliphatic carbocycles. The molecule has 2 rings (SSSR count). The second-order valence-corrected chi connectivity index (χ2v) is 7.28. The molecule has 2 N–H and O–H groups in total. The number of carbonyl (C=O) groups excluding carboxylic acids is 1. The van der Waals surface area contributed by atoms with Crippen LogP contribution in [0.3, 0.4) is 0 Å². The van der Waals surface area contributed by atoms with Gasteiger partial charge in [-0.15, -0.1) is 0 Å². The molecule has 6 heteroatoms. The van der Waals surface area contributed by atoms with Gasteiger partial charge >= 0.3 is 12.1 Å². The molecule has 0 aromatic heterocycles. The third kappa shape index (κ3) is 4.96. The Bertz CT molecular complexity index is 592. The summed E-state index contributed by atoms with van der Waals surface area (Å²) >= 11 is 0. The molecule has 1 saturated heterocycles. The normalized spacial score (nSPS) is 19.8. The molecule has 0 spiro atoms. The highest BCUT2D eigenvalue weighted by atomic mass is 16.6. The van der Waals surface area contributed by atoms with E-state index in [1.807, 2.05) is 56.9 Å². The molecule has 1 aromatic carbocycles. The van der Waals surface area contributed by atoms with Gasteiger partial charge in [0, 0.05) is 19.1 Å². The Morgan fingerprint density at radius 3 is 2.46 bits per heavy atom. The molecule has 132 valence electrons. The molecular weight excluding hydrogens is 308 g/mol. The molecule has 2 atom stereocenters. The van der Waals surface area contributed by atoms with Crippen molar-refractivity contribution >= 4 is 12.1 Å².